The predicted molar refractivity (Wildman–Crippen MR) is 73.1 cm³/mol. The van der Waals surface area contributed by atoms with Crippen molar-refractivity contribution in [2.45, 2.75) is 0 Å². The Morgan fingerprint density at radius 2 is 2.00 bits per heavy atom. The van der Waals surface area contributed by atoms with Gasteiger partial charge >= 0.3 is 0 Å². The summed E-state index contributed by atoms with van der Waals surface area (Å²) in [6.07, 6.45) is 0. The molecule has 0 aromatic heterocycles. The topological polar surface area (TPSA) is 67.8 Å². The van der Waals surface area contributed by atoms with Crippen molar-refractivity contribution in [2.24, 2.45) is 10.9 Å². The summed E-state index contributed by atoms with van der Waals surface area (Å²) in [5.41, 5.74) is 6.01. The molecule has 4 nitrogen and oxygen atoms in total. The van der Waals surface area contributed by atoms with E-state index in [1.807, 2.05) is 0 Å². The van der Waals surface area contributed by atoms with Crippen molar-refractivity contribution in [1.82, 2.24) is 0 Å². The summed E-state index contributed by atoms with van der Waals surface area (Å²) in [4.78, 5) is 0. The van der Waals surface area contributed by atoms with Gasteiger partial charge in [-0.15, -0.1) is 0 Å². The minimum Gasteiger partial charge on any atom is -0.454 e. The molecule has 0 fully saturated rings. The van der Waals surface area contributed by atoms with Crippen molar-refractivity contribution >= 4 is 21.8 Å². The zero-order valence-electron chi connectivity index (χ0n) is 9.68. The summed E-state index contributed by atoms with van der Waals surface area (Å²) >= 11 is 3.27. The van der Waals surface area contributed by atoms with Crippen molar-refractivity contribution in [3.63, 3.8) is 0 Å². The summed E-state index contributed by atoms with van der Waals surface area (Å²) in [5, 5.41) is 11.5. The summed E-state index contributed by atoms with van der Waals surface area (Å²) in [6, 6.07) is 10.9. The molecule has 0 atom stereocenters. The van der Waals surface area contributed by atoms with E-state index in [0.717, 1.165) is 0 Å². The van der Waals surface area contributed by atoms with E-state index in [9.17, 15) is 4.39 Å². The monoisotopic (exact) mass is 324 g/mol. The number of nitrogens with zero attached hydrogens (tertiary/aromatic N) is 1. The Balaban J connectivity index is 2.29. The lowest BCUT2D eigenvalue weighted by molar-refractivity contribution is 0.318. The molecule has 0 unspecified atom stereocenters. The van der Waals surface area contributed by atoms with Crippen LogP contribution >= 0.6 is 15.9 Å². The lowest BCUT2D eigenvalue weighted by atomic mass is 10.2. The first kappa shape index (κ1) is 13.4. The Hall–Kier alpha value is -2.08. The van der Waals surface area contributed by atoms with Gasteiger partial charge in [-0.2, -0.15) is 0 Å². The highest BCUT2D eigenvalue weighted by Gasteiger charge is 2.08. The van der Waals surface area contributed by atoms with E-state index in [1.165, 1.54) is 12.1 Å². The second-order valence-electron chi connectivity index (χ2n) is 3.66. The second-order valence-corrected chi connectivity index (χ2v) is 4.51. The molecule has 2 aromatic rings. The molecule has 0 spiro atoms. The Morgan fingerprint density at radius 3 is 2.63 bits per heavy atom. The molecule has 0 amide bonds. The van der Waals surface area contributed by atoms with Crippen LogP contribution in [0, 0.1) is 5.82 Å². The Kier molecular flexibility index (Phi) is 4.01. The summed E-state index contributed by atoms with van der Waals surface area (Å²) in [7, 11) is 0. The quantitative estimate of drug-likeness (QED) is 0.393. The fourth-order valence-electron chi connectivity index (χ4n) is 1.48. The van der Waals surface area contributed by atoms with Gasteiger partial charge in [-0.25, -0.2) is 4.39 Å². The van der Waals surface area contributed by atoms with E-state index < -0.39 is 5.82 Å². The second kappa shape index (κ2) is 5.71. The van der Waals surface area contributed by atoms with Gasteiger partial charge < -0.3 is 15.7 Å². The van der Waals surface area contributed by atoms with Crippen molar-refractivity contribution in [2.75, 3.05) is 0 Å². The molecule has 0 saturated carbocycles. The zero-order valence-corrected chi connectivity index (χ0v) is 11.3. The first-order chi connectivity index (χ1) is 9.11. The maximum absolute atomic E-state index is 13.4. The molecule has 6 heteroatoms. The highest BCUT2D eigenvalue weighted by atomic mass is 79.9. The van der Waals surface area contributed by atoms with Gasteiger partial charge in [-0.1, -0.05) is 17.3 Å². The van der Waals surface area contributed by atoms with Crippen LogP contribution in [0.3, 0.4) is 0 Å². The van der Waals surface area contributed by atoms with Gasteiger partial charge in [0.05, 0.1) is 0 Å². The molecule has 98 valence electrons. The third-order valence-corrected chi connectivity index (χ3v) is 3.04. The molecule has 0 radical (unpaired) electrons. The summed E-state index contributed by atoms with van der Waals surface area (Å²) in [5.74, 6) is 0.0980. The Morgan fingerprint density at radius 1 is 1.26 bits per heavy atom. The van der Waals surface area contributed by atoms with E-state index in [2.05, 4.69) is 21.1 Å². The van der Waals surface area contributed by atoms with Gasteiger partial charge in [-0.05, 0) is 46.3 Å². The van der Waals surface area contributed by atoms with Gasteiger partial charge in [0.1, 0.15) is 5.75 Å². The first-order valence-electron chi connectivity index (χ1n) is 5.31. The molecule has 0 aliphatic heterocycles. The van der Waals surface area contributed by atoms with Crippen LogP contribution in [0.5, 0.6) is 11.5 Å². The predicted octanol–water partition coefficient (Wildman–Crippen LogP) is 3.48. The number of rotatable bonds is 3. The van der Waals surface area contributed by atoms with Crippen LogP contribution in [-0.2, 0) is 0 Å². The van der Waals surface area contributed by atoms with Gasteiger partial charge in [0.25, 0.3) is 0 Å². The van der Waals surface area contributed by atoms with Crippen LogP contribution in [0.4, 0.5) is 4.39 Å². The molecule has 2 rings (SSSR count). The lowest BCUT2D eigenvalue weighted by Crippen LogP contribution is -2.13. The highest BCUT2D eigenvalue weighted by molar-refractivity contribution is 9.10. The maximum atomic E-state index is 13.4. The SMILES string of the molecule is N/C(=N/O)c1ccc(Oc2ccccc2F)cc1Br. The van der Waals surface area contributed by atoms with Gasteiger partial charge in [0.15, 0.2) is 17.4 Å². The molecular formula is C13H10BrFN2O2. The van der Waals surface area contributed by atoms with E-state index >= 15 is 0 Å². The number of benzene rings is 2. The smallest absolute Gasteiger partial charge is 0.171 e. The van der Waals surface area contributed by atoms with Crippen LogP contribution in [-0.4, -0.2) is 11.0 Å². The van der Waals surface area contributed by atoms with Gasteiger partial charge in [0.2, 0.25) is 0 Å². The number of halogens is 2. The summed E-state index contributed by atoms with van der Waals surface area (Å²) < 4.78 is 19.4. The Labute approximate surface area is 117 Å². The van der Waals surface area contributed by atoms with Gasteiger partial charge in [0, 0.05) is 10.0 Å². The number of oxime groups is 1. The largest absolute Gasteiger partial charge is 0.454 e. The van der Waals surface area contributed by atoms with Crippen molar-refractivity contribution in [3.8, 4) is 11.5 Å². The fraction of sp³-hybridized carbons (Fsp3) is 0. The standard InChI is InChI=1S/C13H10BrFN2O2/c14-10-7-8(5-6-9(10)13(16)17-18)19-12-4-2-1-3-11(12)15/h1-7,18H,(H2,16,17). The number of hydrogen-bond donors (Lipinski definition) is 2. The molecule has 19 heavy (non-hydrogen) atoms. The van der Waals surface area contributed by atoms with E-state index in [1.54, 1.807) is 30.3 Å². The van der Waals surface area contributed by atoms with E-state index in [-0.39, 0.29) is 11.6 Å². The average molecular weight is 325 g/mol. The number of ether oxygens (including phenoxy) is 1. The lowest BCUT2D eigenvalue weighted by Gasteiger charge is -2.08. The molecule has 0 aliphatic carbocycles. The number of nitrogens with two attached hydrogens (primary N) is 1. The van der Waals surface area contributed by atoms with Crippen LogP contribution in [0.15, 0.2) is 52.1 Å². The minimum atomic E-state index is -0.445. The average Bonchev–Trinajstić information content (AvgIpc) is 2.41. The Bertz CT molecular complexity index is 632. The third-order valence-electron chi connectivity index (χ3n) is 2.39. The molecule has 3 N–H and O–H groups in total. The molecule has 2 aromatic carbocycles. The zero-order chi connectivity index (χ0) is 13.8. The molecule has 0 aliphatic rings. The van der Waals surface area contributed by atoms with Crippen molar-refractivity contribution in [1.29, 1.82) is 0 Å². The van der Waals surface area contributed by atoms with Crippen LogP contribution < -0.4 is 10.5 Å². The molecular weight excluding hydrogens is 315 g/mol. The molecule has 0 heterocycles. The number of hydrogen-bond acceptors (Lipinski definition) is 3. The molecule has 0 bridgehead atoms. The maximum Gasteiger partial charge on any atom is 0.171 e. The molecule has 0 saturated heterocycles. The van der Waals surface area contributed by atoms with Crippen LogP contribution in [0.25, 0.3) is 0 Å². The fourth-order valence-corrected chi connectivity index (χ4v) is 2.04. The van der Waals surface area contributed by atoms with E-state index in [4.69, 9.17) is 15.7 Å². The van der Waals surface area contributed by atoms with Crippen molar-refractivity contribution in [3.05, 3.63) is 58.3 Å². The van der Waals surface area contributed by atoms with Crippen LogP contribution in [0.1, 0.15) is 5.56 Å². The highest BCUT2D eigenvalue weighted by Crippen LogP contribution is 2.28. The minimum absolute atomic E-state index is 0.0238. The number of amidine groups is 1. The summed E-state index contributed by atoms with van der Waals surface area (Å²) in [6.45, 7) is 0. The van der Waals surface area contributed by atoms with Crippen molar-refractivity contribution < 1.29 is 14.3 Å². The van der Waals surface area contributed by atoms with E-state index in [0.29, 0.717) is 15.8 Å². The number of para-hydroxylation sites is 1. The van der Waals surface area contributed by atoms with Crippen LogP contribution in [0.2, 0.25) is 0 Å². The van der Waals surface area contributed by atoms with Gasteiger partial charge in [-0.3, -0.25) is 0 Å². The normalized spacial score (nSPS) is 11.4. The first-order valence-corrected chi connectivity index (χ1v) is 6.11. The third kappa shape index (κ3) is 3.03.